The quantitative estimate of drug-likeness (QED) is 0.611. The molecule has 2 aromatic heterocycles. The molecule has 3 heterocycles. The molecule has 7 heteroatoms. The number of anilines is 1. The Morgan fingerprint density at radius 1 is 1.55 bits per heavy atom. The maximum absolute atomic E-state index is 6.18. The van der Waals surface area contributed by atoms with Crippen LogP contribution in [-0.2, 0) is 4.74 Å². The zero-order valence-electron chi connectivity index (χ0n) is 11.3. The molecule has 5 nitrogen and oxygen atoms in total. The molecule has 2 aromatic rings. The fourth-order valence-corrected chi connectivity index (χ4v) is 4.07. The van der Waals surface area contributed by atoms with E-state index in [2.05, 4.69) is 46.4 Å². The van der Waals surface area contributed by atoms with Crippen molar-refractivity contribution in [2.75, 3.05) is 5.73 Å². The van der Waals surface area contributed by atoms with Gasteiger partial charge in [0.1, 0.15) is 17.0 Å². The van der Waals surface area contributed by atoms with Gasteiger partial charge in [-0.15, -0.1) is 0 Å². The van der Waals surface area contributed by atoms with Crippen molar-refractivity contribution in [3.8, 4) is 0 Å². The van der Waals surface area contributed by atoms with Crippen LogP contribution in [0.15, 0.2) is 6.20 Å². The lowest BCUT2D eigenvalue weighted by Crippen LogP contribution is -2.12. The Bertz CT molecular complexity index is 659. The fraction of sp³-hybridized carbons (Fsp3) is 0.538. The molecule has 0 bridgehead atoms. The highest BCUT2D eigenvalue weighted by atomic mass is 127. The smallest absolute Gasteiger partial charge is 0.223 e. The number of nitrogens with two attached hydrogens (primary N) is 1. The number of rotatable bonds is 2. The van der Waals surface area contributed by atoms with Crippen molar-refractivity contribution in [1.82, 2.24) is 14.5 Å². The highest BCUT2D eigenvalue weighted by molar-refractivity contribution is 14.1. The highest BCUT2D eigenvalue weighted by Gasteiger charge is 2.33. The third-order valence-electron chi connectivity index (χ3n) is 3.85. The lowest BCUT2D eigenvalue weighted by molar-refractivity contribution is -0.00279. The third-order valence-corrected chi connectivity index (χ3v) is 4.94. The molecule has 0 saturated carbocycles. The van der Waals surface area contributed by atoms with Gasteiger partial charge in [0, 0.05) is 9.77 Å². The van der Waals surface area contributed by atoms with Gasteiger partial charge < -0.3 is 15.0 Å². The number of hydrogen-bond donors (Lipinski definition) is 1. The zero-order valence-corrected chi connectivity index (χ0v) is 14.2. The van der Waals surface area contributed by atoms with Gasteiger partial charge in [0.25, 0.3) is 0 Å². The third kappa shape index (κ3) is 2.27. The van der Waals surface area contributed by atoms with Gasteiger partial charge in [-0.3, -0.25) is 0 Å². The van der Waals surface area contributed by atoms with Gasteiger partial charge in [0.15, 0.2) is 0 Å². The second-order valence-electron chi connectivity index (χ2n) is 5.21. The molecule has 108 valence electrons. The topological polar surface area (TPSA) is 66.0 Å². The summed E-state index contributed by atoms with van der Waals surface area (Å²) in [4.78, 5) is 8.36. The number of hydrogen-bond acceptors (Lipinski definition) is 4. The summed E-state index contributed by atoms with van der Waals surface area (Å²) in [5.74, 6) is 0.728. The van der Waals surface area contributed by atoms with Crippen LogP contribution >= 0.6 is 34.2 Å². The monoisotopic (exact) mass is 406 g/mol. The predicted molar refractivity (Wildman–Crippen MR) is 87.6 cm³/mol. The van der Waals surface area contributed by atoms with E-state index in [1.807, 2.05) is 10.8 Å². The van der Waals surface area contributed by atoms with Crippen LogP contribution in [0.5, 0.6) is 0 Å². The van der Waals surface area contributed by atoms with Gasteiger partial charge in [-0.2, -0.15) is 4.98 Å². The molecule has 1 fully saturated rings. The number of ether oxygens (including phenoxy) is 1. The molecular weight excluding hydrogens is 391 g/mol. The van der Waals surface area contributed by atoms with E-state index in [9.17, 15) is 0 Å². The highest BCUT2D eigenvalue weighted by Crippen LogP contribution is 2.38. The van der Waals surface area contributed by atoms with Crippen LogP contribution < -0.4 is 5.73 Å². The van der Waals surface area contributed by atoms with E-state index in [0.29, 0.717) is 17.2 Å². The van der Waals surface area contributed by atoms with Crippen molar-refractivity contribution >= 4 is 51.2 Å². The first-order chi connectivity index (χ1) is 9.51. The van der Waals surface area contributed by atoms with Crippen molar-refractivity contribution < 1.29 is 4.74 Å². The van der Waals surface area contributed by atoms with Gasteiger partial charge >= 0.3 is 0 Å². The van der Waals surface area contributed by atoms with E-state index in [0.717, 1.165) is 27.4 Å². The summed E-state index contributed by atoms with van der Waals surface area (Å²) >= 11 is 8.42. The molecule has 3 rings (SSSR count). The second-order valence-corrected chi connectivity index (χ2v) is 6.73. The molecule has 2 N–H and O–H groups in total. The van der Waals surface area contributed by atoms with Crippen molar-refractivity contribution in [3.63, 3.8) is 0 Å². The first-order valence-corrected chi connectivity index (χ1v) is 8.11. The van der Waals surface area contributed by atoms with E-state index in [1.165, 1.54) is 0 Å². The summed E-state index contributed by atoms with van der Waals surface area (Å²) in [6, 6.07) is 0. The Labute approximate surface area is 136 Å². The summed E-state index contributed by atoms with van der Waals surface area (Å²) < 4.78 is 9.17. The molecule has 1 saturated heterocycles. The molecular formula is C13H16ClIN4O. The van der Waals surface area contributed by atoms with Gasteiger partial charge in [-0.25, -0.2) is 4.98 Å². The van der Waals surface area contributed by atoms with Gasteiger partial charge in [-0.05, 0) is 41.4 Å². The van der Waals surface area contributed by atoms with Crippen LogP contribution in [0.4, 0.5) is 5.95 Å². The molecule has 0 radical (unpaired) electrons. The summed E-state index contributed by atoms with van der Waals surface area (Å²) in [6.45, 7) is 4.37. The van der Waals surface area contributed by atoms with Crippen molar-refractivity contribution in [3.05, 3.63) is 14.9 Å². The molecule has 20 heavy (non-hydrogen) atoms. The first kappa shape index (κ1) is 14.3. The van der Waals surface area contributed by atoms with Crippen LogP contribution in [-0.4, -0.2) is 20.6 Å². The molecule has 0 aliphatic carbocycles. The Morgan fingerprint density at radius 3 is 2.95 bits per heavy atom. The maximum Gasteiger partial charge on any atom is 0.223 e. The SMILES string of the molecule is CC[C@H]1O[C@@H](n2cc(I)c3c(Cl)nc(N)nc32)CC1C. The number of nitrogen functional groups attached to an aromatic ring is 1. The Morgan fingerprint density at radius 2 is 2.30 bits per heavy atom. The lowest BCUT2D eigenvalue weighted by Gasteiger charge is -2.15. The largest absolute Gasteiger partial charge is 0.368 e. The van der Waals surface area contributed by atoms with Gasteiger partial charge in [0.2, 0.25) is 5.95 Å². The predicted octanol–water partition coefficient (Wildman–Crippen LogP) is 3.61. The van der Waals surface area contributed by atoms with Gasteiger partial charge in [0.05, 0.1) is 11.5 Å². The Hall–Kier alpha value is -0.600. The molecule has 1 unspecified atom stereocenters. The van der Waals surface area contributed by atoms with Crippen LogP contribution in [0, 0.1) is 9.49 Å². The molecule has 3 atom stereocenters. The molecule has 0 aromatic carbocycles. The van der Waals surface area contributed by atoms with Crippen LogP contribution in [0.25, 0.3) is 11.0 Å². The Kier molecular flexibility index (Phi) is 3.81. The second kappa shape index (κ2) is 5.31. The lowest BCUT2D eigenvalue weighted by atomic mass is 10.0. The molecule has 0 spiro atoms. The van der Waals surface area contributed by atoms with Crippen molar-refractivity contribution in [2.24, 2.45) is 5.92 Å². The average molecular weight is 407 g/mol. The van der Waals surface area contributed by atoms with Crippen LogP contribution in [0.3, 0.4) is 0 Å². The Balaban J connectivity index is 2.09. The van der Waals surface area contributed by atoms with E-state index in [4.69, 9.17) is 22.1 Å². The summed E-state index contributed by atoms with van der Waals surface area (Å²) in [7, 11) is 0. The minimum absolute atomic E-state index is 0.00803. The normalized spacial score (nSPS) is 26.5. The van der Waals surface area contributed by atoms with Crippen molar-refractivity contribution in [1.29, 1.82) is 0 Å². The van der Waals surface area contributed by atoms with E-state index < -0.39 is 0 Å². The standard InChI is InChI=1S/C13H16ClIN4O/c1-3-8-6(2)4-9(20-8)19-5-7(15)10-11(14)17-13(16)18-12(10)19/h5-6,8-9H,3-4H2,1-2H3,(H2,16,17,18)/t6?,8-,9-/m1/s1. The number of nitrogens with zero attached hydrogens (tertiary/aromatic N) is 3. The first-order valence-electron chi connectivity index (χ1n) is 6.65. The van der Waals surface area contributed by atoms with E-state index in [1.54, 1.807) is 0 Å². The molecule has 0 amide bonds. The van der Waals surface area contributed by atoms with Crippen LogP contribution in [0.1, 0.15) is 32.9 Å². The summed E-state index contributed by atoms with van der Waals surface area (Å²) in [6.07, 6.45) is 4.29. The average Bonchev–Trinajstić information content (AvgIpc) is 2.90. The number of aromatic nitrogens is 3. The minimum Gasteiger partial charge on any atom is -0.368 e. The van der Waals surface area contributed by atoms with E-state index in [-0.39, 0.29) is 12.2 Å². The minimum atomic E-state index is -0.00803. The fourth-order valence-electron chi connectivity index (χ4n) is 2.84. The van der Waals surface area contributed by atoms with E-state index >= 15 is 0 Å². The molecule has 1 aliphatic rings. The molecule has 1 aliphatic heterocycles. The zero-order chi connectivity index (χ0) is 14.4. The number of halogens is 2. The van der Waals surface area contributed by atoms with Crippen molar-refractivity contribution in [2.45, 2.75) is 39.0 Å². The summed E-state index contributed by atoms with van der Waals surface area (Å²) in [5, 5.41) is 1.24. The maximum atomic E-state index is 6.18. The summed E-state index contributed by atoms with van der Waals surface area (Å²) in [5.41, 5.74) is 6.47. The van der Waals surface area contributed by atoms with Gasteiger partial charge in [-0.1, -0.05) is 25.4 Å². The number of fused-ring (bicyclic) bond motifs is 1. The van der Waals surface area contributed by atoms with Crippen LogP contribution in [0.2, 0.25) is 5.15 Å².